The highest BCUT2D eigenvalue weighted by atomic mass is 16.5. The van der Waals surface area contributed by atoms with Crippen molar-refractivity contribution in [3.05, 3.63) is 23.8 Å². The lowest BCUT2D eigenvalue weighted by Crippen LogP contribution is -2.32. The lowest BCUT2D eigenvalue weighted by Gasteiger charge is -2.22. The van der Waals surface area contributed by atoms with Crippen molar-refractivity contribution >= 4 is 11.8 Å². The third-order valence-corrected chi connectivity index (χ3v) is 2.70. The van der Waals surface area contributed by atoms with E-state index in [9.17, 15) is 9.59 Å². The van der Waals surface area contributed by atoms with Gasteiger partial charge in [-0.2, -0.15) is 0 Å². The summed E-state index contributed by atoms with van der Waals surface area (Å²) in [5.74, 6) is -1.03. The summed E-state index contributed by atoms with van der Waals surface area (Å²) in [7, 11) is 1.62. The van der Waals surface area contributed by atoms with E-state index in [0.717, 1.165) is 0 Å². The second kappa shape index (κ2) is 6.24. The van der Waals surface area contributed by atoms with Gasteiger partial charge >= 0.3 is 0 Å². The van der Waals surface area contributed by atoms with Crippen molar-refractivity contribution in [2.24, 2.45) is 5.73 Å². The van der Waals surface area contributed by atoms with Crippen LogP contribution in [-0.4, -0.2) is 41.0 Å². The van der Waals surface area contributed by atoms with Gasteiger partial charge in [0.25, 0.3) is 11.8 Å². The van der Waals surface area contributed by atoms with Crippen molar-refractivity contribution in [1.82, 2.24) is 15.3 Å². The molecule has 2 amide bonds. The number of hydrogen-bond acceptors (Lipinski definition) is 5. The van der Waals surface area contributed by atoms with Crippen LogP contribution in [0.1, 0.15) is 41.2 Å². The monoisotopic (exact) mass is 266 g/mol. The van der Waals surface area contributed by atoms with Gasteiger partial charge in [0.2, 0.25) is 0 Å². The predicted octanol–water partition coefficient (Wildman–Crippen LogP) is 0.120. The van der Waals surface area contributed by atoms with Gasteiger partial charge in [0.1, 0.15) is 11.4 Å². The molecule has 7 heteroatoms. The minimum Gasteiger partial charge on any atom is -0.379 e. The van der Waals surface area contributed by atoms with Crippen LogP contribution in [0.3, 0.4) is 0 Å². The van der Waals surface area contributed by atoms with Gasteiger partial charge in [-0.25, -0.2) is 9.97 Å². The molecule has 0 aromatic carbocycles. The summed E-state index contributed by atoms with van der Waals surface area (Å²) in [6.45, 7) is 4.32. The van der Waals surface area contributed by atoms with E-state index in [1.54, 1.807) is 7.11 Å². The van der Waals surface area contributed by atoms with Crippen LogP contribution < -0.4 is 11.1 Å². The SMILES string of the molecule is COC(C)(C)CCNC(=O)c1cnc(C(N)=O)cn1. The third kappa shape index (κ3) is 4.63. The number of rotatable bonds is 6. The molecule has 0 radical (unpaired) electrons. The van der Waals surface area contributed by atoms with Gasteiger partial charge < -0.3 is 15.8 Å². The molecule has 0 atom stereocenters. The molecular weight excluding hydrogens is 248 g/mol. The van der Waals surface area contributed by atoms with Gasteiger partial charge in [0.15, 0.2) is 0 Å². The molecule has 0 aliphatic heterocycles. The molecule has 104 valence electrons. The fraction of sp³-hybridized carbons (Fsp3) is 0.500. The van der Waals surface area contributed by atoms with E-state index in [1.165, 1.54) is 12.4 Å². The number of nitrogens with one attached hydrogen (secondary N) is 1. The van der Waals surface area contributed by atoms with Gasteiger partial charge in [0.05, 0.1) is 18.0 Å². The summed E-state index contributed by atoms with van der Waals surface area (Å²) < 4.78 is 5.24. The van der Waals surface area contributed by atoms with Gasteiger partial charge in [-0.15, -0.1) is 0 Å². The van der Waals surface area contributed by atoms with Crippen molar-refractivity contribution in [3.63, 3.8) is 0 Å². The Hall–Kier alpha value is -2.02. The number of ether oxygens (including phenoxy) is 1. The zero-order chi connectivity index (χ0) is 14.5. The van der Waals surface area contributed by atoms with E-state index in [0.29, 0.717) is 13.0 Å². The van der Waals surface area contributed by atoms with E-state index in [2.05, 4.69) is 15.3 Å². The Labute approximate surface area is 111 Å². The average molecular weight is 266 g/mol. The quantitative estimate of drug-likeness (QED) is 0.760. The zero-order valence-corrected chi connectivity index (χ0v) is 11.3. The van der Waals surface area contributed by atoms with Crippen molar-refractivity contribution in [3.8, 4) is 0 Å². The highest BCUT2D eigenvalue weighted by molar-refractivity contribution is 5.93. The summed E-state index contributed by atoms with van der Waals surface area (Å²) in [5.41, 5.74) is 4.89. The fourth-order valence-corrected chi connectivity index (χ4v) is 1.24. The van der Waals surface area contributed by atoms with E-state index in [1.807, 2.05) is 13.8 Å². The van der Waals surface area contributed by atoms with E-state index < -0.39 is 5.91 Å². The second-order valence-corrected chi connectivity index (χ2v) is 4.62. The van der Waals surface area contributed by atoms with Gasteiger partial charge in [-0.3, -0.25) is 9.59 Å². The Balaban J connectivity index is 2.52. The van der Waals surface area contributed by atoms with E-state index in [-0.39, 0.29) is 22.9 Å². The maximum Gasteiger partial charge on any atom is 0.271 e. The second-order valence-electron chi connectivity index (χ2n) is 4.62. The van der Waals surface area contributed by atoms with Gasteiger partial charge in [0, 0.05) is 13.7 Å². The number of methoxy groups -OCH3 is 1. The molecule has 0 saturated heterocycles. The maximum atomic E-state index is 11.7. The maximum absolute atomic E-state index is 11.7. The Kier molecular flexibility index (Phi) is 4.94. The molecule has 0 spiro atoms. The molecule has 1 aromatic rings. The van der Waals surface area contributed by atoms with Crippen LogP contribution in [-0.2, 0) is 4.74 Å². The number of primary amides is 1. The standard InChI is InChI=1S/C12H18N4O3/c1-12(2,19-3)4-5-14-11(18)9-7-15-8(6-16-9)10(13)17/h6-7H,4-5H2,1-3H3,(H2,13,17)(H,14,18). The fourth-order valence-electron chi connectivity index (χ4n) is 1.24. The Morgan fingerprint density at radius 3 is 2.37 bits per heavy atom. The smallest absolute Gasteiger partial charge is 0.271 e. The number of nitrogens with zero attached hydrogens (tertiary/aromatic N) is 2. The van der Waals surface area contributed by atoms with E-state index >= 15 is 0 Å². The number of nitrogens with two attached hydrogens (primary N) is 1. The van der Waals surface area contributed by atoms with Crippen molar-refractivity contribution in [1.29, 1.82) is 0 Å². The highest BCUT2D eigenvalue weighted by Crippen LogP contribution is 2.11. The lowest BCUT2D eigenvalue weighted by molar-refractivity contribution is 0.0160. The molecule has 19 heavy (non-hydrogen) atoms. The summed E-state index contributed by atoms with van der Waals surface area (Å²) in [4.78, 5) is 30.1. The Morgan fingerprint density at radius 2 is 1.89 bits per heavy atom. The normalized spacial score (nSPS) is 11.1. The number of carbonyl (C=O) groups is 2. The molecular formula is C12H18N4O3. The van der Waals surface area contributed by atoms with Gasteiger partial charge in [-0.1, -0.05) is 0 Å². The zero-order valence-electron chi connectivity index (χ0n) is 11.3. The van der Waals surface area contributed by atoms with Gasteiger partial charge in [-0.05, 0) is 20.3 Å². The average Bonchev–Trinajstić information content (AvgIpc) is 2.38. The first kappa shape index (κ1) is 15.0. The molecule has 1 aromatic heterocycles. The van der Waals surface area contributed by atoms with Crippen LogP contribution >= 0.6 is 0 Å². The minimum absolute atomic E-state index is 0.0251. The third-order valence-electron chi connectivity index (χ3n) is 2.70. The van der Waals surface area contributed by atoms with Crippen LogP contribution in [0.4, 0.5) is 0 Å². The summed E-state index contributed by atoms with van der Waals surface area (Å²) in [5, 5.41) is 2.70. The minimum atomic E-state index is -0.679. The lowest BCUT2D eigenvalue weighted by atomic mass is 10.1. The molecule has 0 aliphatic rings. The summed E-state index contributed by atoms with van der Waals surface area (Å²) >= 11 is 0. The molecule has 0 unspecified atom stereocenters. The Morgan fingerprint density at radius 1 is 1.32 bits per heavy atom. The first-order chi connectivity index (χ1) is 8.85. The number of amides is 2. The number of carbonyl (C=O) groups excluding carboxylic acids is 2. The van der Waals surface area contributed by atoms with Crippen molar-refractivity contribution in [2.75, 3.05) is 13.7 Å². The number of aromatic nitrogens is 2. The Bertz CT molecular complexity index is 457. The van der Waals surface area contributed by atoms with Crippen LogP contribution in [0.15, 0.2) is 12.4 Å². The molecule has 0 aliphatic carbocycles. The first-order valence-corrected chi connectivity index (χ1v) is 5.81. The topological polar surface area (TPSA) is 107 Å². The molecule has 0 bridgehead atoms. The van der Waals surface area contributed by atoms with Crippen molar-refractivity contribution in [2.45, 2.75) is 25.9 Å². The molecule has 3 N–H and O–H groups in total. The molecule has 0 saturated carbocycles. The number of hydrogen-bond donors (Lipinski definition) is 2. The van der Waals surface area contributed by atoms with Crippen LogP contribution in [0.25, 0.3) is 0 Å². The predicted molar refractivity (Wildman–Crippen MR) is 68.6 cm³/mol. The molecule has 7 nitrogen and oxygen atoms in total. The van der Waals surface area contributed by atoms with Crippen molar-refractivity contribution < 1.29 is 14.3 Å². The molecule has 0 fully saturated rings. The summed E-state index contributed by atoms with van der Waals surface area (Å²) in [6, 6.07) is 0. The largest absolute Gasteiger partial charge is 0.379 e. The van der Waals surface area contributed by atoms with Crippen LogP contribution in [0.5, 0.6) is 0 Å². The van der Waals surface area contributed by atoms with Crippen LogP contribution in [0.2, 0.25) is 0 Å². The van der Waals surface area contributed by atoms with Crippen LogP contribution in [0, 0.1) is 0 Å². The van der Waals surface area contributed by atoms with E-state index in [4.69, 9.17) is 10.5 Å². The highest BCUT2D eigenvalue weighted by Gasteiger charge is 2.17. The molecule has 1 rings (SSSR count). The first-order valence-electron chi connectivity index (χ1n) is 5.81. The summed E-state index contributed by atoms with van der Waals surface area (Å²) in [6.07, 6.45) is 3.06. The molecule has 1 heterocycles.